The van der Waals surface area contributed by atoms with E-state index in [1.807, 2.05) is 20.8 Å². The number of anilines is 1. The molecule has 1 aliphatic rings. The van der Waals surface area contributed by atoms with Crippen LogP contribution in [0.3, 0.4) is 0 Å². The van der Waals surface area contributed by atoms with Crippen molar-refractivity contribution in [1.82, 2.24) is 4.90 Å². The van der Waals surface area contributed by atoms with E-state index in [4.69, 9.17) is 16.3 Å². The minimum atomic E-state index is -0.365. The van der Waals surface area contributed by atoms with Crippen molar-refractivity contribution in [1.29, 1.82) is 0 Å². The van der Waals surface area contributed by atoms with Crippen LogP contribution in [0.25, 0.3) is 0 Å². The molecule has 22 heavy (non-hydrogen) atoms. The van der Waals surface area contributed by atoms with Crippen molar-refractivity contribution < 1.29 is 14.3 Å². The average molecular weight is 325 g/mol. The molecule has 0 spiro atoms. The summed E-state index contributed by atoms with van der Waals surface area (Å²) in [6, 6.07) is 5.02. The van der Waals surface area contributed by atoms with Crippen molar-refractivity contribution >= 4 is 29.1 Å². The van der Waals surface area contributed by atoms with Gasteiger partial charge in [0, 0.05) is 23.5 Å². The number of nitrogens with zero attached hydrogens (tertiary/aromatic N) is 1. The van der Waals surface area contributed by atoms with Crippen LogP contribution >= 0.6 is 11.6 Å². The zero-order valence-corrected chi connectivity index (χ0v) is 14.0. The Kier molecular flexibility index (Phi) is 4.66. The van der Waals surface area contributed by atoms with Gasteiger partial charge in [-0.2, -0.15) is 0 Å². The van der Waals surface area contributed by atoms with Gasteiger partial charge in [-0.15, -0.1) is 0 Å². The lowest BCUT2D eigenvalue weighted by Crippen LogP contribution is -2.42. The Hall–Kier alpha value is -1.75. The smallest absolute Gasteiger partial charge is 0.229 e. The number of rotatable bonds is 3. The van der Waals surface area contributed by atoms with E-state index in [9.17, 15) is 9.59 Å². The van der Waals surface area contributed by atoms with E-state index < -0.39 is 0 Å². The Morgan fingerprint density at radius 1 is 1.41 bits per heavy atom. The maximum absolute atomic E-state index is 12.4. The van der Waals surface area contributed by atoms with Crippen molar-refractivity contribution in [2.45, 2.75) is 32.7 Å². The first-order chi connectivity index (χ1) is 10.2. The normalized spacial score (nSPS) is 18.5. The van der Waals surface area contributed by atoms with Gasteiger partial charge in [-0.1, -0.05) is 11.6 Å². The average Bonchev–Trinajstić information content (AvgIpc) is 2.81. The Morgan fingerprint density at radius 2 is 2.09 bits per heavy atom. The van der Waals surface area contributed by atoms with Gasteiger partial charge < -0.3 is 15.0 Å². The van der Waals surface area contributed by atoms with E-state index in [2.05, 4.69) is 5.32 Å². The zero-order valence-electron chi connectivity index (χ0n) is 13.3. The molecule has 6 heteroatoms. The third-order valence-corrected chi connectivity index (χ3v) is 3.96. The van der Waals surface area contributed by atoms with Crippen LogP contribution < -0.4 is 10.1 Å². The molecule has 1 fully saturated rings. The van der Waals surface area contributed by atoms with E-state index in [0.717, 1.165) is 0 Å². The Balaban J connectivity index is 2.11. The fraction of sp³-hybridized carbons (Fsp3) is 0.500. The number of amides is 2. The molecule has 0 aromatic heterocycles. The molecule has 0 saturated carbocycles. The topological polar surface area (TPSA) is 58.6 Å². The number of hydrogen-bond donors (Lipinski definition) is 1. The predicted molar refractivity (Wildman–Crippen MR) is 86.2 cm³/mol. The van der Waals surface area contributed by atoms with E-state index >= 15 is 0 Å². The van der Waals surface area contributed by atoms with Crippen LogP contribution in [-0.2, 0) is 9.59 Å². The number of nitrogens with one attached hydrogen (secondary N) is 1. The highest BCUT2D eigenvalue weighted by Crippen LogP contribution is 2.30. The van der Waals surface area contributed by atoms with Gasteiger partial charge in [-0.05, 0) is 39.0 Å². The van der Waals surface area contributed by atoms with Crippen LogP contribution in [-0.4, -0.2) is 35.9 Å². The fourth-order valence-electron chi connectivity index (χ4n) is 2.54. The zero-order chi connectivity index (χ0) is 16.5. The minimum absolute atomic E-state index is 0.00529. The largest absolute Gasteiger partial charge is 0.495 e. The summed E-state index contributed by atoms with van der Waals surface area (Å²) in [5, 5.41) is 3.32. The summed E-state index contributed by atoms with van der Waals surface area (Å²) >= 11 is 5.95. The van der Waals surface area contributed by atoms with Crippen molar-refractivity contribution in [2.24, 2.45) is 5.92 Å². The number of benzene rings is 1. The number of hydrogen-bond acceptors (Lipinski definition) is 3. The first kappa shape index (κ1) is 16.6. The molecular weight excluding hydrogens is 304 g/mol. The molecule has 1 atom stereocenters. The van der Waals surface area contributed by atoms with E-state index in [1.165, 1.54) is 7.11 Å². The molecule has 0 aliphatic carbocycles. The van der Waals surface area contributed by atoms with E-state index in [0.29, 0.717) is 23.0 Å². The van der Waals surface area contributed by atoms with Crippen molar-refractivity contribution in [3.05, 3.63) is 23.2 Å². The number of methoxy groups -OCH3 is 1. The lowest BCUT2D eigenvalue weighted by molar-refractivity contribution is -0.131. The second-order valence-electron chi connectivity index (χ2n) is 6.41. The highest BCUT2D eigenvalue weighted by molar-refractivity contribution is 6.31. The number of carbonyl (C=O) groups excluding carboxylic acids is 2. The van der Waals surface area contributed by atoms with Gasteiger partial charge in [0.15, 0.2) is 0 Å². The van der Waals surface area contributed by atoms with Crippen molar-refractivity contribution in [3.63, 3.8) is 0 Å². The number of likely N-dealkylation sites (tertiary alicyclic amines) is 1. The van der Waals surface area contributed by atoms with Crippen LogP contribution in [0.4, 0.5) is 5.69 Å². The number of halogens is 1. The molecule has 120 valence electrons. The second-order valence-corrected chi connectivity index (χ2v) is 6.85. The molecule has 1 aromatic carbocycles. The standard InChI is InChI=1S/C16H21ClN2O3/c1-16(2,3)19-9-10(7-14(19)20)15(21)18-12-8-11(17)5-6-13(12)22-4/h5-6,8,10H,7,9H2,1-4H3,(H,18,21)/t10-/m0/s1. The SMILES string of the molecule is COc1ccc(Cl)cc1NC(=O)[C@H]1CC(=O)N(C(C)(C)C)C1. The van der Waals surface area contributed by atoms with Gasteiger partial charge in [-0.3, -0.25) is 9.59 Å². The van der Waals surface area contributed by atoms with Crippen molar-refractivity contribution in [3.8, 4) is 5.75 Å². The molecule has 1 heterocycles. The van der Waals surface area contributed by atoms with Gasteiger partial charge in [0.05, 0.1) is 18.7 Å². The summed E-state index contributed by atoms with van der Waals surface area (Å²) in [5.74, 6) is -0.0171. The summed E-state index contributed by atoms with van der Waals surface area (Å²) in [4.78, 5) is 26.2. The summed E-state index contributed by atoms with van der Waals surface area (Å²) in [6.07, 6.45) is 0.228. The lowest BCUT2D eigenvalue weighted by atomic mass is 10.1. The Morgan fingerprint density at radius 3 is 2.64 bits per heavy atom. The second kappa shape index (κ2) is 6.16. The van der Waals surface area contributed by atoms with Gasteiger partial charge >= 0.3 is 0 Å². The van der Waals surface area contributed by atoms with Crippen LogP contribution in [0.1, 0.15) is 27.2 Å². The van der Waals surface area contributed by atoms with Crippen LogP contribution in [0.15, 0.2) is 18.2 Å². The highest BCUT2D eigenvalue weighted by Gasteiger charge is 2.39. The molecule has 2 amide bonds. The van der Waals surface area contributed by atoms with Gasteiger partial charge in [0.2, 0.25) is 11.8 Å². The molecule has 0 unspecified atom stereocenters. The minimum Gasteiger partial charge on any atom is -0.495 e. The summed E-state index contributed by atoms with van der Waals surface area (Å²) in [6.45, 7) is 6.32. The third kappa shape index (κ3) is 3.53. The molecule has 0 radical (unpaired) electrons. The predicted octanol–water partition coefficient (Wildman–Crippen LogP) is 2.93. The van der Waals surface area contributed by atoms with Gasteiger partial charge in [-0.25, -0.2) is 0 Å². The first-order valence-corrected chi connectivity index (χ1v) is 7.55. The first-order valence-electron chi connectivity index (χ1n) is 7.17. The molecule has 1 aliphatic heterocycles. The monoisotopic (exact) mass is 324 g/mol. The summed E-state index contributed by atoms with van der Waals surface area (Å²) < 4.78 is 5.21. The van der Waals surface area contributed by atoms with E-state index in [-0.39, 0.29) is 29.7 Å². The molecule has 0 bridgehead atoms. The quantitative estimate of drug-likeness (QED) is 0.930. The summed E-state index contributed by atoms with van der Waals surface area (Å²) in [7, 11) is 1.53. The molecule has 1 N–H and O–H groups in total. The molecular formula is C16H21ClN2O3. The van der Waals surface area contributed by atoms with Crippen LogP contribution in [0.5, 0.6) is 5.75 Å². The van der Waals surface area contributed by atoms with E-state index in [1.54, 1.807) is 23.1 Å². The lowest BCUT2D eigenvalue weighted by Gasteiger charge is -2.31. The Bertz CT molecular complexity index is 596. The maximum atomic E-state index is 12.4. The van der Waals surface area contributed by atoms with Crippen molar-refractivity contribution in [2.75, 3.05) is 19.0 Å². The number of carbonyl (C=O) groups is 2. The third-order valence-electron chi connectivity index (χ3n) is 3.72. The molecule has 1 aromatic rings. The fourth-order valence-corrected chi connectivity index (χ4v) is 2.72. The van der Waals surface area contributed by atoms with Gasteiger partial charge in [0.1, 0.15) is 5.75 Å². The Labute approximate surface area is 135 Å². The maximum Gasteiger partial charge on any atom is 0.229 e. The van der Waals surface area contributed by atoms with Crippen LogP contribution in [0.2, 0.25) is 5.02 Å². The van der Waals surface area contributed by atoms with Gasteiger partial charge in [0.25, 0.3) is 0 Å². The number of ether oxygens (including phenoxy) is 1. The van der Waals surface area contributed by atoms with Crippen LogP contribution in [0, 0.1) is 5.92 Å². The summed E-state index contributed by atoms with van der Waals surface area (Å²) in [5.41, 5.74) is 0.238. The molecule has 2 rings (SSSR count). The molecule has 1 saturated heterocycles. The highest BCUT2D eigenvalue weighted by atomic mass is 35.5. The molecule has 5 nitrogen and oxygen atoms in total.